The lowest BCUT2D eigenvalue weighted by molar-refractivity contribution is 0.407. The number of hydrogen-bond donors (Lipinski definition) is 0. The zero-order valence-electron chi connectivity index (χ0n) is 14.8. The van der Waals surface area contributed by atoms with Crippen molar-refractivity contribution in [3.63, 3.8) is 0 Å². The van der Waals surface area contributed by atoms with Gasteiger partial charge in [-0.05, 0) is 67.7 Å². The molecule has 24 heavy (non-hydrogen) atoms. The molecule has 2 rings (SSSR count). The highest BCUT2D eigenvalue weighted by Gasteiger charge is 2.19. The SMILES string of the molecule is [C-]#[N+]/C(C#N)=C1\C=C(C)C(C)=CN1Cc1c(C)ccc(OC)c1C. The van der Waals surface area contributed by atoms with Gasteiger partial charge in [0.1, 0.15) is 5.75 Å². The molecule has 1 aromatic rings. The fraction of sp³-hybridized carbons (Fsp3) is 0.300. The van der Waals surface area contributed by atoms with E-state index in [0.29, 0.717) is 12.2 Å². The molecule has 0 fully saturated rings. The predicted molar refractivity (Wildman–Crippen MR) is 94.8 cm³/mol. The van der Waals surface area contributed by atoms with E-state index in [1.807, 2.05) is 56.1 Å². The molecule has 0 bridgehead atoms. The van der Waals surface area contributed by atoms with Gasteiger partial charge in [-0.25, -0.2) is 10.1 Å². The van der Waals surface area contributed by atoms with E-state index in [-0.39, 0.29) is 5.70 Å². The zero-order valence-corrected chi connectivity index (χ0v) is 14.8. The van der Waals surface area contributed by atoms with Gasteiger partial charge in [0.05, 0.1) is 25.4 Å². The lowest BCUT2D eigenvalue weighted by Crippen LogP contribution is -2.21. The largest absolute Gasteiger partial charge is 0.496 e. The van der Waals surface area contributed by atoms with Crippen molar-refractivity contribution in [2.24, 2.45) is 0 Å². The molecule has 1 aromatic carbocycles. The van der Waals surface area contributed by atoms with Crippen LogP contribution < -0.4 is 4.74 Å². The van der Waals surface area contributed by atoms with Crippen LogP contribution in [0.4, 0.5) is 0 Å². The first-order valence-electron chi connectivity index (χ1n) is 7.71. The van der Waals surface area contributed by atoms with Crippen molar-refractivity contribution in [2.75, 3.05) is 7.11 Å². The molecule has 0 atom stereocenters. The molecule has 0 saturated carbocycles. The maximum atomic E-state index is 9.29. The molecule has 0 N–H and O–H groups in total. The van der Waals surface area contributed by atoms with Crippen LogP contribution in [-0.4, -0.2) is 12.0 Å². The summed E-state index contributed by atoms with van der Waals surface area (Å²) in [7, 11) is 1.66. The Kier molecular flexibility index (Phi) is 5.11. The van der Waals surface area contributed by atoms with Crippen molar-refractivity contribution in [2.45, 2.75) is 34.2 Å². The Morgan fingerprint density at radius 3 is 2.54 bits per heavy atom. The quantitative estimate of drug-likeness (QED) is 0.602. The summed E-state index contributed by atoms with van der Waals surface area (Å²) in [5.74, 6) is 0.844. The summed E-state index contributed by atoms with van der Waals surface area (Å²) in [5.41, 5.74) is 6.33. The molecular weight excluding hydrogens is 298 g/mol. The summed E-state index contributed by atoms with van der Waals surface area (Å²) < 4.78 is 5.43. The lowest BCUT2D eigenvalue weighted by atomic mass is 9.99. The highest BCUT2D eigenvalue weighted by atomic mass is 16.5. The number of rotatable bonds is 3. The van der Waals surface area contributed by atoms with Gasteiger partial charge in [0, 0.05) is 12.7 Å². The number of allylic oxidation sites excluding steroid dienone is 4. The van der Waals surface area contributed by atoms with E-state index in [1.54, 1.807) is 7.11 Å². The average Bonchev–Trinajstić information content (AvgIpc) is 2.56. The van der Waals surface area contributed by atoms with Crippen LogP contribution in [-0.2, 0) is 6.54 Å². The fourth-order valence-electron chi connectivity index (χ4n) is 2.79. The minimum atomic E-state index is 0.108. The second kappa shape index (κ2) is 7.06. The minimum absolute atomic E-state index is 0.108. The monoisotopic (exact) mass is 319 g/mol. The average molecular weight is 319 g/mol. The molecule has 4 heteroatoms. The number of methoxy groups -OCH3 is 1. The Bertz CT molecular complexity index is 829. The van der Waals surface area contributed by atoms with Gasteiger partial charge in [0.15, 0.2) is 0 Å². The van der Waals surface area contributed by atoms with E-state index in [2.05, 4.69) is 11.8 Å². The van der Waals surface area contributed by atoms with Gasteiger partial charge in [-0.2, -0.15) is 0 Å². The first-order chi connectivity index (χ1) is 11.4. The third kappa shape index (κ3) is 3.19. The van der Waals surface area contributed by atoms with E-state index in [0.717, 1.165) is 33.6 Å². The molecule has 1 heterocycles. The Balaban J connectivity index is 2.54. The van der Waals surface area contributed by atoms with Crippen LogP contribution in [0.1, 0.15) is 30.5 Å². The maximum absolute atomic E-state index is 9.29. The molecule has 1 aliphatic heterocycles. The number of nitriles is 1. The minimum Gasteiger partial charge on any atom is -0.496 e. The van der Waals surface area contributed by atoms with E-state index in [9.17, 15) is 5.26 Å². The smallest absolute Gasteiger partial charge is 0.284 e. The third-order valence-corrected chi connectivity index (χ3v) is 4.43. The van der Waals surface area contributed by atoms with E-state index >= 15 is 0 Å². The summed E-state index contributed by atoms with van der Waals surface area (Å²) >= 11 is 0. The van der Waals surface area contributed by atoms with Crippen LogP contribution in [0, 0.1) is 31.8 Å². The summed E-state index contributed by atoms with van der Waals surface area (Å²) in [5, 5.41) is 9.29. The van der Waals surface area contributed by atoms with Gasteiger partial charge in [0.25, 0.3) is 5.70 Å². The molecule has 4 nitrogen and oxygen atoms in total. The highest BCUT2D eigenvalue weighted by molar-refractivity contribution is 5.49. The summed E-state index contributed by atoms with van der Waals surface area (Å²) in [6.07, 6.45) is 3.92. The molecule has 0 aliphatic carbocycles. The summed E-state index contributed by atoms with van der Waals surface area (Å²) in [4.78, 5) is 5.37. The molecule has 1 aliphatic rings. The molecule has 0 radical (unpaired) electrons. The predicted octanol–water partition coefficient (Wildman–Crippen LogP) is 4.63. The number of ether oxygens (including phenoxy) is 1. The normalized spacial score (nSPS) is 15.9. The van der Waals surface area contributed by atoms with E-state index in [1.165, 1.54) is 0 Å². The van der Waals surface area contributed by atoms with Gasteiger partial charge in [-0.15, -0.1) is 0 Å². The van der Waals surface area contributed by atoms with Crippen LogP contribution in [0.2, 0.25) is 0 Å². The Hall–Kier alpha value is -2.98. The van der Waals surface area contributed by atoms with Crippen LogP contribution in [0.5, 0.6) is 5.75 Å². The number of benzene rings is 1. The Labute approximate surface area is 143 Å². The molecule has 0 unspecified atom stereocenters. The van der Waals surface area contributed by atoms with Crippen molar-refractivity contribution in [3.8, 4) is 11.8 Å². The highest BCUT2D eigenvalue weighted by Crippen LogP contribution is 2.31. The van der Waals surface area contributed by atoms with Gasteiger partial charge >= 0.3 is 0 Å². The van der Waals surface area contributed by atoms with Crippen LogP contribution in [0.15, 0.2) is 46.9 Å². The van der Waals surface area contributed by atoms with E-state index in [4.69, 9.17) is 11.3 Å². The number of aryl methyl sites for hydroxylation is 1. The van der Waals surface area contributed by atoms with Crippen molar-refractivity contribution in [3.05, 3.63) is 75.1 Å². The Morgan fingerprint density at radius 2 is 1.96 bits per heavy atom. The first-order valence-corrected chi connectivity index (χ1v) is 7.71. The second-order valence-corrected chi connectivity index (χ2v) is 5.91. The van der Waals surface area contributed by atoms with Crippen molar-refractivity contribution in [1.29, 1.82) is 5.26 Å². The molecule has 122 valence electrons. The van der Waals surface area contributed by atoms with Crippen LogP contribution in [0.3, 0.4) is 0 Å². The summed E-state index contributed by atoms with van der Waals surface area (Å²) in [6, 6.07) is 6.01. The van der Waals surface area contributed by atoms with E-state index < -0.39 is 0 Å². The Morgan fingerprint density at radius 1 is 1.25 bits per heavy atom. The molecule has 0 amide bonds. The molecular formula is C20H21N3O. The summed E-state index contributed by atoms with van der Waals surface area (Å²) in [6.45, 7) is 16.0. The molecule has 0 saturated heterocycles. The van der Waals surface area contributed by atoms with Gasteiger partial charge in [0.2, 0.25) is 0 Å². The second-order valence-electron chi connectivity index (χ2n) is 5.91. The van der Waals surface area contributed by atoms with Gasteiger partial charge in [-0.3, -0.25) is 0 Å². The van der Waals surface area contributed by atoms with Crippen LogP contribution in [0.25, 0.3) is 4.85 Å². The van der Waals surface area contributed by atoms with Crippen molar-refractivity contribution < 1.29 is 4.74 Å². The van der Waals surface area contributed by atoms with Crippen molar-refractivity contribution >= 4 is 0 Å². The first kappa shape index (κ1) is 17.4. The van der Waals surface area contributed by atoms with Gasteiger partial charge < -0.3 is 9.64 Å². The lowest BCUT2D eigenvalue weighted by Gasteiger charge is -2.29. The zero-order chi connectivity index (χ0) is 17.9. The van der Waals surface area contributed by atoms with Gasteiger partial charge in [-0.1, -0.05) is 6.07 Å². The molecule has 0 aromatic heterocycles. The van der Waals surface area contributed by atoms with Crippen molar-refractivity contribution in [1.82, 2.24) is 4.90 Å². The molecule has 0 spiro atoms. The number of nitrogens with zero attached hydrogens (tertiary/aromatic N) is 3. The maximum Gasteiger partial charge on any atom is 0.284 e. The fourth-order valence-corrected chi connectivity index (χ4v) is 2.79. The topological polar surface area (TPSA) is 40.6 Å². The standard InChI is InChI=1S/C20H21N3O/c1-13-7-8-20(24-6)16(4)17(13)12-23-11-15(3)14(2)9-19(23)18(10-21)22-5/h7-9,11H,12H2,1-4,6H3/b19-18+. The third-order valence-electron chi connectivity index (χ3n) is 4.43. The number of hydrogen-bond acceptors (Lipinski definition) is 3. The van der Waals surface area contributed by atoms with Crippen LogP contribution >= 0.6 is 0 Å².